The van der Waals surface area contributed by atoms with Crippen LogP contribution in [0.25, 0.3) is 0 Å². The average Bonchev–Trinajstić information content (AvgIpc) is 3.06. The highest BCUT2D eigenvalue weighted by Gasteiger charge is 2.19. The molecule has 0 aromatic heterocycles. The van der Waals surface area contributed by atoms with Crippen molar-refractivity contribution in [3.63, 3.8) is 0 Å². The second-order valence-electron chi connectivity index (χ2n) is 15.0. The lowest BCUT2D eigenvalue weighted by atomic mass is 9.99. The van der Waals surface area contributed by atoms with Gasteiger partial charge in [0.2, 0.25) is 0 Å². The number of unbranched alkanes of at least 4 members (excludes halogenated alkanes) is 20. The predicted octanol–water partition coefficient (Wildman–Crippen LogP) is 12.6. The summed E-state index contributed by atoms with van der Waals surface area (Å²) in [5.41, 5.74) is 0. The summed E-state index contributed by atoms with van der Waals surface area (Å²) in [5.74, 6) is 0.787. The molecule has 0 amide bonds. The third kappa shape index (κ3) is 34.3. The van der Waals surface area contributed by atoms with Gasteiger partial charge in [0.05, 0.1) is 0 Å². The number of hydrogen-bond acceptors (Lipinski definition) is 6. The lowest BCUT2D eigenvalue weighted by Crippen LogP contribution is -2.30. The van der Waals surface area contributed by atoms with E-state index < -0.39 is 6.10 Å². The highest BCUT2D eigenvalue weighted by Crippen LogP contribution is 2.16. The van der Waals surface area contributed by atoms with Crippen LogP contribution in [0.3, 0.4) is 0 Å². The second-order valence-corrected chi connectivity index (χ2v) is 15.0. The Morgan fingerprint density at radius 2 is 0.792 bits per heavy atom. The fourth-order valence-electron chi connectivity index (χ4n) is 6.01. The summed E-state index contributed by atoms with van der Waals surface area (Å²) < 4.78 is 16.5. The standard InChI is InChI=1S/C42H80O6/c1-6-8-9-20-29-34-42(45)48-39(36-47-41(44)33-28-24-19-15-14-16-21-25-30-37(3)4)35-46-40(43)32-27-23-18-13-11-10-12-17-22-26-31-38(5)7-2/h37-39H,6-36H2,1-5H3/t38?,39-/m1/s1. The molecule has 284 valence electrons. The molecule has 2 atom stereocenters. The maximum absolute atomic E-state index is 12.5. The van der Waals surface area contributed by atoms with Crippen LogP contribution in [0.1, 0.15) is 221 Å². The first-order valence-corrected chi connectivity index (χ1v) is 20.8. The van der Waals surface area contributed by atoms with Crippen LogP contribution >= 0.6 is 0 Å². The lowest BCUT2D eigenvalue weighted by Gasteiger charge is -2.18. The molecule has 6 heteroatoms. The molecule has 0 saturated carbocycles. The molecule has 6 nitrogen and oxygen atoms in total. The van der Waals surface area contributed by atoms with Gasteiger partial charge in [0.25, 0.3) is 0 Å². The van der Waals surface area contributed by atoms with Gasteiger partial charge < -0.3 is 14.2 Å². The van der Waals surface area contributed by atoms with Gasteiger partial charge in [-0.05, 0) is 31.1 Å². The Bertz CT molecular complexity index is 736. The van der Waals surface area contributed by atoms with Gasteiger partial charge in [-0.2, -0.15) is 0 Å². The summed E-state index contributed by atoms with van der Waals surface area (Å²) in [6.45, 7) is 11.2. The van der Waals surface area contributed by atoms with Gasteiger partial charge >= 0.3 is 17.9 Å². The van der Waals surface area contributed by atoms with Crippen molar-refractivity contribution < 1.29 is 28.6 Å². The molecular weight excluding hydrogens is 600 g/mol. The van der Waals surface area contributed by atoms with Crippen LogP contribution in [0.15, 0.2) is 0 Å². The molecular formula is C42H80O6. The molecule has 0 aromatic rings. The Balaban J connectivity index is 4.20. The largest absolute Gasteiger partial charge is 0.462 e. The Hall–Kier alpha value is -1.59. The van der Waals surface area contributed by atoms with Gasteiger partial charge in [-0.1, -0.05) is 182 Å². The Morgan fingerprint density at radius 1 is 0.438 bits per heavy atom. The zero-order valence-corrected chi connectivity index (χ0v) is 32.6. The number of carbonyl (C=O) groups excluding carboxylic acids is 3. The molecule has 0 fully saturated rings. The summed E-state index contributed by atoms with van der Waals surface area (Å²) in [6.07, 6.45) is 31.1. The van der Waals surface area contributed by atoms with Gasteiger partial charge in [0.15, 0.2) is 6.10 Å². The molecule has 0 saturated heterocycles. The number of esters is 3. The lowest BCUT2D eigenvalue weighted by molar-refractivity contribution is -0.167. The fraction of sp³-hybridized carbons (Fsp3) is 0.929. The molecule has 0 N–H and O–H groups in total. The second kappa shape index (κ2) is 35.2. The molecule has 0 spiro atoms. The molecule has 0 radical (unpaired) electrons. The number of ether oxygens (including phenoxy) is 3. The van der Waals surface area contributed by atoms with E-state index in [9.17, 15) is 14.4 Å². The Morgan fingerprint density at radius 3 is 1.19 bits per heavy atom. The van der Waals surface area contributed by atoms with E-state index in [-0.39, 0.29) is 31.1 Å². The average molecular weight is 681 g/mol. The number of carbonyl (C=O) groups is 3. The first kappa shape index (κ1) is 46.4. The molecule has 0 bridgehead atoms. The normalized spacial score (nSPS) is 12.6. The van der Waals surface area contributed by atoms with Gasteiger partial charge in [0.1, 0.15) is 13.2 Å². The minimum absolute atomic E-state index is 0.0672. The molecule has 0 rings (SSSR count). The molecule has 0 aliphatic rings. The zero-order chi connectivity index (χ0) is 35.5. The topological polar surface area (TPSA) is 78.9 Å². The van der Waals surface area contributed by atoms with Crippen LogP contribution < -0.4 is 0 Å². The molecule has 0 heterocycles. The SMILES string of the molecule is CCCCCCCC(=O)O[C@H](COC(=O)CCCCCCCCCCCCC(C)CC)COC(=O)CCCCCCCCCCC(C)C. The van der Waals surface area contributed by atoms with Crippen molar-refractivity contribution in [1.29, 1.82) is 0 Å². The van der Waals surface area contributed by atoms with Crippen molar-refractivity contribution in [2.75, 3.05) is 13.2 Å². The third-order valence-electron chi connectivity index (χ3n) is 9.58. The zero-order valence-electron chi connectivity index (χ0n) is 32.6. The summed E-state index contributed by atoms with van der Waals surface area (Å²) in [7, 11) is 0. The molecule has 0 aliphatic carbocycles. The first-order chi connectivity index (χ1) is 23.3. The minimum atomic E-state index is -0.758. The Labute approximate surface area is 298 Å². The maximum Gasteiger partial charge on any atom is 0.306 e. The van der Waals surface area contributed by atoms with Gasteiger partial charge in [-0.25, -0.2) is 0 Å². The predicted molar refractivity (Wildman–Crippen MR) is 201 cm³/mol. The van der Waals surface area contributed by atoms with Crippen LogP contribution in [0.4, 0.5) is 0 Å². The molecule has 0 aliphatic heterocycles. The molecule has 0 aromatic carbocycles. The van der Waals surface area contributed by atoms with Crippen molar-refractivity contribution in [2.45, 2.75) is 227 Å². The van der Waals surface area contributed by atoms with Crippen molar-refractivity contribution in [2.24, 2.45) is 11.8 Å². The van der Waals surface area contributed by atoms with E-state index in [1.807, 2.05) is 0 Å². The summed E-state index contributed by atoms with van der Waals surface area (Å²) >= 11 is 0. The first-order valence-electron chi connectivity index (χ1n) is 20.8. The van der Waals surface area contributed by atoms with Gasteiger partial charge in [-0.15, -0.1) is 0 Å². The van der Waals surface area contributed by atoms with Crippen LogP contribution in [-0.2, 0) is 28.6 Å². The van der Waals surface area contributed by atoms with E-state index in [4.69, 9.17) is 14.2 Å². The summed E-state index contributed by atoms with van der Waals surface area (Å²) in [5, 5.41) is 0. The van der Waals surface area contributed by atoms with Crippen LogP contribution in [0.2, 0.25) is 0 Å². The smallest absolute Gasteiger partial charge is 0.306 e. The number of rotatable bonds is 36. The van der Waals surface area contributed by atoms with Crippen LogP contribution in [0.5, 0.6) is 0 Å². The fourth-order valence-corrected chi connectivity index (χ4v) is 6.01. The van der Waals surface area contributed by atoms with E-state index in [0.29, 0.717) is 19.3 Å². The van der Waals surface area contributed by atoms with Crippen molar-refractivity contribution in [3.8, 4) is 0 Å². The van der Waals surface area contributed by atoms with E-state index in [2.05, 4.69) is 34.6 Å². The van der Waals surface area contributed by atoms with E-state index >= 15 is 0 Å². The van der Waals surface area contributed by atoms with Crippen LogP contribution in [0, 0.1) is 11.8 Å². The van der Waals surface area contributed by atoms with Crippen molar-refractivity contribution >= 4 is 17.9 Å². The molecule has 48 heavy (non-hydrogen) atoms. The van der Waals surface area contributed by atoms with Crippen molar-refractivity contribution in [1.82, 2.24) is 0 Å². The minimum Gasteiger partial charge on any atom is -0.462 e. The van der Waals surface area contributed by atoms with Gasteiger partial charge in [0, 0.05) is 19.3 Å². The van der Waals surface area contributed by atoms with E-state index in [1.165, 1.54) is 103 Å². The maximum atomic E-state index is 12.5. The summed E-state index contributed by atoms with van der Waals surface area (Å²) in [6, 6.07) is 0. The van der Waals surface area contributed by atoms with Gasteiger partial charge in [-0.3, -0.25) is 14.4 Å². The monoisotopic (exact) mass is 681 g/mol. The quantitative estimate of drug-likeness (QED) is 0.0372. The van der Waals surface area contributed by atoms with Crippen LogP contribution in [-0.4, -0.2) is 37.2 Å². The number of hydrogen-bond donors (Lipinski definition) is 0. The summed E-state index contributed by atoms with van der Waals surface area (Å²) in [4.78, 5) is 37.3. The highest BCUT2D eigenvalue weighted by molar-refractivity contribution is 5.71. The highest BCUT2D eigenvalue weighted by atomic mass is 16.6. The Kier molecular flexibility index (Phi) is 34.1. The molecule has 1 unspecified atom stereocenters. The van der Waals surface area contributed by atoms with E-state index in [1.54, 1.807) is 0 Å². The van der Waals surface area contributed by atoms with Crippen molar-refractivity contribution in [3.05, 3.63) is 0 Å². The van der Waals surface area contributed by atoms with E-state index in [0.717, 1.165) is 76.0 Å². The third-order valence-corrected chi connectivity index (χ3v) is 9.58.